The predicted molar refractivity (Wildman–Crippen MR) is 110 cm³/mol. The molecule has 31 heavy (non-hydrogen) atoms. The van der Waals surface area contributed by atoms with Crippen molar-refractivity contribution >= 4 is 43.9 Å². The number of ketones is 1. The number of hydrogen-bond acceptors (Lipinski definition) is 10. The van der Waals surface area contributed by atoms with Crippen LogP contribution >= 0.6 is 11.3 Å². The molecule has 0 radical (unpaired) electrons. The van der Waals surface area contributed by atoms with Gasteiger partial charge in [-0.05, 0) is 35.4 Å². The summed E-state index contributed by atoms with van der Waals surface area (Å²) < 4.78 is 26.1. The number of tetrazole rings is 1. The number of hydrogen-bond donors (Lipinski definition) is 2. The fourth-order valence-corrected chi connectivity index (χ4v) is 5.67. The van der Waals surface area contributed by atoms with Crippen molar-refractivity contribution < 1.29 is 18.0 Å². The molecule has 2 N–H and O–H groups in total. The van der Waals surface area contributed by atoms with Crippen LogP contribution in [0.2, 0.25) is 0 Å². The number of urea groups is 1. The first-order chi connectivity index (χ1) is 14.9. The summed E-state index contributed by atoms with van der Waals surface area (Å²) in [5, 5.41) is 15.0. The number of rotatable bonds is 6. The number of thiazole rings is 1. The van der Waals surface area contributed by atoms with Crippen molar-refractivity contribution in [2.45, 2.75) is 35.0 Å². The zero-order valence-electron chi connectivity index (χ0n) is 16.3. The normalized spacial score (nSPS) is 14.5. The fourth-order valence-electron chi connectivity index (χ4n) is 3.33. The van der Waals surface area contributed by atoms with Crippen molar-refractivity contribution in [2.24, 2.45) is 13.0 Å². The Morgan fingerprint density at radius 1 is 1.19 bits per heavy atom. The van der Waals surface area contributed by atoms with Gasteiger partial charge in [0.25, 0.3) is 15.0 Å². The maximum Gasteiger partial charge on any atom is 0.326 e. The van der Waals surface area contributed by atoms with E-state index in [0.29, 0.717) is 5.56 Å². The van der Waals surface area contributed by atoms with Gasteiger partial charge in [-0.2, -0.15) is 0 Å². The summed E-state index contributed by atoms with van der Waals surface area (Å²) in [6.07, 6.45) is 6.27. The van der Waals surface area contributed by atoms with Crippen LogP contribution in [-0.2, 0) is 16.9 Å². The summed E-state index contributed by atoms with van der Waals surface area (Å²) in [6, 6.07) is 2.58. The first-order valence-electron chi connectivity index (χ1n) is 9.37. The molecule has 0 saturated heterocycles. The van der Waals surface area contributed by atoms with Gasteiger partial charge in [-0.3, -0.25) is 15.4 Å². The van der Waals surface area contributed by atoms with E-state index in [1.54, 1.807) is 12.1 Å². The van der Waals surface area contributed by atoms with Gasteiger partial charge in [-0.15, -0.1) is 0 Å². The Hall–Kier alpha value is -3.26. The average molecular weight is 463 g/mol. The highest BCUT2D eigenvalue weighted by molar-refractivity contribution is 7.93. The lowest BCUT2D eigenvalue weighted by atomic mass is 9.97. The molecule has 3 heterocycles. The lowest BCUT2D eigenvalue weighted by Gasteiger charge is -2.12. The standard InChI is InChI=1S/C17H18N8O4S2/c1-25-17(22-23-24-25)31(28,29)12-9-19-16(30-12)21-15(27)20-14-11(7-4-8-18-14)13(26)10-5-2-3-6-10/h4,7-10H,2-3,5-6H2,1H3,(H2,18,19,20,21,27). The van der Waals surface area contributed by atoms with Crippen LogP contribution in [0.25, 0.3) is 0 Å². The molecule has 1 aliphatic rings. The van der Waals surface area contributed by atoms with Gasteiger partial charge >= 0.3 is 6.03 Å². The highest BCUT2D eigenvalue weighted by atomic mass is 32.2. The topological polar surface area (TPSA) is 162 Å². The molecule has 3 aromatic rings. The van der Waals surface area contributed by atoms with E-state index in [1.165, 1.54) is 13.2 Å². The molecule has 1 fully saturated rings. The number of Topliss-reactive ketones (excluding diaryl/α,β-unsaturated/α-hetero) is 1. The highest BCUT2D eigenvalue weighted by Gasteiger charge is 2.28. The molecule has 162 valence electrons. The molecular formula is C17H18N8O4S2. The zero-order valence-corrected chi connectivity index (χ0v) is 18.0. The SMILES string of the molecule is Cn1nnnc1S(=O)(=O)c1cnc(NC(=O)Nc2ncccc2C(=O)C2CCCC2)s1. The lowest BCUT2D eigenvalue weighted by Crippen LogP contribution is -2.23. The molecule has 1 saturated carbocycles. The van der Waals surface area contributed by atoms with Gasteiger partial charge < -0.3 is 0 Å². The smallest absolute Gasteiger partial charge is 0.294 e. The van der Waals surface area contributed by atoms with E-state index in [4.69, 9.17) is 0 Å². The number of carbonyl (C=O) groups excluding carboxylic acids is 2. The summed E-state index contributed by atoms with van der Waals surface area (Å²) in [5.41, 5.74) is 0.349. The van der Waals surface area contributed by atoms with Crippen LogP contribution in [0, 0.1) is 5.92 Å². The Bertz CT molecular complexity index is 1230. The van der Waals surface area contributed by atoms with Gasteiger partial charge in [0, 0.05) is 19.2 Å². The maximum absolute atomic E-state index is 12.8. The monoisotopic (exact) mass is 462 g/mol. The third-order valence-electron chi connectivity index (χ3n) is 4.82. The fraction of sp³-hybridized carbons (Fsp3) is 0.353. The molecule has 0 spiro atoms. The molecule has 14 heteroatoms. The Labute approximate surface area is 181 Å². The number of pyridine rings is 1. The third-order valence-corrected chi connectivity index (χ3v) is 7.90. The first-order valence-corrected chi connectivity index (χ1v) is 11.7. The third kappa shape index (κ3) is 4.29. The molecule has 0 bridgehead atoms. The van der Waals surface area contributed by atoms with Crippen LogP contribution in [0.3, 0.4) is 0 Å². The van der Waals surface area contributed by atoms with Crippen molar-refractivity contribution in [3.8, 4) is 0 Å². The van der Waals surface area contributed by atoms with Gasteiger partial charge in [0.05, 0.1) is 11.8 Å². The predicted octanol–water partition coefficient (Wildman–Crippen LogP) is 1.91. The second-order valence-corrected chi connectivity index (χ2v) is 10.00. The van der Waals surface area contributed by atoms with Crippen molar-refractivity contribution in [1.82, 2.24) is 30.2 Å². The molecule has 0 aromatic carbocycles. The first kappa shape index (κ1) is 21.0. The second kappa shape index (κ2) is 8.47. The Morgan fingerprint density at radius 2 is 1.97 bits per heavy atom. The number of sulfone groups is 1. The number of aryl methyl sites for hydroxylation is 1. The minimum atomic E-state index is -3.97. The molecule has 4 rings (SSSR count). The van der Waals surface area contributed by atoms with E-state index in [0.717, 1.165) is 47.9 Å². The quantitative estimate of drug-likeness (QED) is 0.521. The van der Waals surface area contributed by atoms with Gasteiger partial charge in [-0.1, -0.05) is 29.3 Å². The molecule has 0 aliphatic heterocycles. The number of aromatic nitrogens is 6. The molecule has 0 atom stereocenters. The minimum absolute atomic E-state index is 0.0409. The zero-order chi connectivity index (χ0) is 22.0. The number of carbonyl (C=O) groups is 2. The molecule has 2 amide bonds. The minimum Gasteiger partial charge on any atom is -0.294 e. The molecular weight excluding hydrogens is 444 g/mol. The van der Waals surface area contributed by atoms with Crippen LogP contribution in [0.15, 0.2) is 33.9 Å². The van der Waals surface area contributed by atoms with Crippen molar-refractivity contribution in [2.75, 3.05) is 10.6 Å². The van der Waals surface area contributed by atoms with Crippen LogP contribution in [0.1, 0.15) is 36.0 Å². The number of anilines is 2. The van der Waals surface area contributed by atoms with E-state index in [-0.39, 0.29) is 32.0 Å². The van der Waals surface area contributed by atoms with Crippen LogP contribution < -0.4 is 10.6 Å². The average Bonchev–Trinajstić information content (AvgIpc) is 3.50. The number of nitrogens with zero attached hydrogens (tertiary/aromatic N) is 6. The molecule has 0 unspecified atom stereocenters. The summed E-state index contributed by atoms with van der Waals surface area (Å²) in [7, 11) is -2.57. The second-order valence-electron chi connectivity index (χ2n) is 6.90. The Balaban J connectivity index is 1.47. The van der Waals surface area contributed by atoms with Gasteiger partial charge in [0.1, 0.15) is 10.0 Å². The molecule has 12 nitrogen and oxygen atoms in total. The van der Waals surface area contributed by atoms with Gasteiger partial charge in [0.15, 0.2) is 10.9 Å². The molecule has 1 aliphatic carbocycles. The summed E-state index contributed by atoms with van der Waals surface area (Å²) in [6.45, 7) is 0. The van der Waals surface area contributed by atoms with Gasteiger partial charge in [0.2, 0.25) is 0 Å². The maximum atomic E-state index is 12.8. The van der Waals surface area contributed by atoms with Crippen LogP contribution in [0.5, 0.6) is 0 Å². The number of nitrogens with one attached hydrogen (secondary N) is 2. The van der Waals surface area contributed by atoms with E-state index >= 15 is 0 Å². The summed E-state index contributed by atoms with van der Waals surface area (Å²) >= 11 is 0.749. The van der Waals surface area contributed by atoms with E-state index in [1.807, 2.05) is 0 Å². The molecule has 3 aromatic heterocycles. The lowest BCUT2D eigenvalue weighted by molar-refractivity contribution is 0.0923. The van der Waals surface area contributed by atoms with Crippen LogP contribution in [0.4, 0.5) is 15.7 Å². The largest absolute Gasteiger partial charge is 0.326 e. The highest BCUT2D eigenvalue weighted by Crippen LogP contribution is 2.30. The number of amides is 2. The van der Waals surface area contributed by atoms with E-state index < -0.39 is 15.9 Å². The summed E-state index contributed by atoms with van der Waals surface area (Å²) in [5.74, 6) is 0.0434. The van der Waals surface area contributed by atoms with E-state index in [2.05, 4.69) is 36.1 Å². The van der Waals surface area contributed by atoms with E-state index in [9.17, 15) is 18.0 Å². The van der Waals surface area contributed by atoms with Crippen molar-refractivity contribution in [1.29, 1.82) is 0 Å². The van der Waals surface area contributed by atoms with Gasteiger partial charge in [-0.25, -0.2) is 27.9 Å². The van der Waals surface area contributed by atoms with Crippen molar-refractivity contribution in [3.05, 3.63) is 30.1 Å². The summed E-state index contributed by atoms with van der Waals surface area (Å²) in [4.78, 5) is 33.2. The van der Waals surface area contributed by atoms with Crippen molar-refractivity contribution in [3.63, 3.8) is 0 Å². The Kier molecular flexibility index (Phi) is 5.73. The van der Waals surface area contributed by atoms with Crippen LogP contribution in [-0.4, -0.2) is 50.4 Å². The Morgan fingerprint density at radius 3 is 2.68 bits per heavy atom.